The first kappa shape index (κ1) is 15.6. The first-order chi connectivity index (χ1) is 11.7. The molecule has 0 aliphatic carbocycles. The van der Waals surface area contributed by atoms with Crippen LogP contribution in [0.15, 0.2) is 52.4 Å². The highest BCUT2D eigenvalue weighted by atomic mass is 32.2. The Balaban J connectivity index is 2.08. The van der Waals surface area contributed by atoms with Crippen molar-refractivity contribution in [2.45, 2.75) is 10.8 Å². The van der Waals surface area contributed by atoms with E-state index < -0.39 is 0 Å². The van der Waals surface area contributed by atoms with Crippen LogP contribution in [0, 0.1) is 22.7 Å². The molecule has 0 saturated heterocycles. The van der Waals surface area contributed by atoms with Crippen molar-refractivity contribution in [3.63, 3.8) is 0 Å². The van der Waals surface area contributed by atoms with Crippen LogP contribution in [0.1, 0.15) is 16.7 Å². The number of nitrogens with zero attached hydrogens (tertiary/aromatic N) is 4. The molecule has 3 heterocycles. The number of hydrogen-bond donors (Lipinski definition) is 1. The van der Waals surface area contributed by atoms with Gasteiger partial charge >= 0.3 is 0 Å². The molecular weight excluding hydrogens is 322 g/mol. The fourth-order valence-electron chi connectivity index (χ4n) is 2.20. The Labute approximate surface area is 142 Å². The van der Waals surface area contributed by atoms with Crippen molar-refractivity contribution < 1.29 is 4.42 Å². The van der Waals surface area contributed by atoms with Gasteiger partial charge in [0.15, 0.2) is 0 Å². The minimum Gasteiger partial charge on any atom is -0.464 e. The van der Waals surface area contributed by atoms with E-state index >= 15 is 0 Å². The third-order valence-electron chi connectivity index (χ3n) is 3.31. The second kappa shape index (κ2) is 6.86. The molecule has 3 aromatic rings. The molecule has 0 bridgehead atoms. The summed E-state index contributed by atoms with van der Waals surface area (Å²) in [5.74, 6) is 1.11. The van der Waals surface area contributed by atoms with Crippen LogP contribution in [0.3, 0.4) is 0 Å². The van der Waals surface area contributed by atoms with Gasteiger partial charge in [-0.2, -0.15) is 10.5 Å². The highest BCUT2D eigenvalue weighted by Crippen LogP contribution is 2.36. The maximum atomic E-state index is 9.60. The number of aromatic nitrogens is 2. The number of nitrogen functional groups attached to an aromatic ring is 1. The maximum absolute atomic E-state index is 9.60. The quantitative estimate of drug-likeness (QED) is 0.728. The Kier molecular flexibility index (Phi) is 4.46. The molecule has 0 aliphatic rings. The Morgan fingerprint density at radius 3 is 2.50 bits per heavy atom. The summed E-state index contributed by atoms with van der Waals surface area (Å²) >= 11 is 1.38. The molecule has 7 heteroatoms. The molecule has 0 amide bonds. The van der Waals surface area contributed by atoms with E-state index in [0.717, 1.165) is 5.56 Å². The Bertz CT molecular complexity index is 940. The van der Waals surface area contributed by atoms with Crippen LogP contribution in [0.2, 0.25) is 0 Å². The molecule has 0 unspecified atom stereocenters. The van der Waals surface area contributed by atoms with Gasteiger partial charge in [-0.1, -0.05) is 0 Å². The lowest BCUT2D eigenvalue weighted by Crippen LogP contribution is -2.03. The third-order valence-corrected chi connectivity index (χ3v) is 4.35. The molecule has 0 atom stereocenters. The van der Waals surface area contributed by atoms with Gasteiger partial charge in [-0.25, -0.2) is 4.98 Å². The van der Waals surface area contributed by atoms with E-state index in [1.807, 2.05) is 18.2 Å². The number of rotatable bonds is 4. The second-order valence-corrected chi connectivity index (χ2v) is 5.74. The van der Waals surface area contributed by atoms with Gasteiger partial charge in [-0.05, 0) is 29.8 Å². The van der Waals surface area contributed by atoms with Gasteiger partial charge in [-0.15, -0.1) is 11.8 Å². The summed E-state index contributed by atoms with van der Waals surface area (Å²) < 4.78 is 5.37. The number of nitrogens with two attached hydrogens (primary N) is 1. The minimum absolute atomic E-state index is 0.0835. The van der Waals surface area contributed by atoms with Crippen LogP contribution >= 0.6 is 11.8 Å². The molecule has 3 rings (SSSR count). The third kappa shape index (κ3) is 2.94. The number of hydrogen-bond acceptors (Lipinski definition) is 7. The van der Waals surface area contributed by atoms with E-state index in [-0.39, 0.29) is 16.9 Å². The van der Waals surface area contributed by atoms with Crippen molar-refractivity contribution in [1.82, 2.24) is 9.97 Å². The van der Waals surface area contributed by atoms with Crippen molar-refractivity contribution in [3.8, 4) is 23.5 Å². The average Bonchev–Trinajstić information content (AvgIpc) is 3.14. The molecule has 24 heavy (non-hydrogen) atoms. The molecule has 0 radical (unpaired) electrons. The van der Waals surface area contributed by atoms with Gasteiger partial charge in [0.25, 0.3) is 0 Å². The molecule has 0 fully saturated rings. The first-order valence-electron chi connectivity index (χ1n) is 6.94. The Morgan fingerprint density at radius 2 is 1.88 bits per heavy atom. The molecule has 2 N–H and O–H groups in total. The van der Waals surface area contributed by atoms with Crippen LogP contribution < -0.4 is 5.73 Å². The predicted molar refractivity (Wildman–Crippen MR) is 89.6 cm³/mol. The lowest BCUT2D eigenvalue weighted by atomic mass is 10.0. The summed E-state index contributed by atoms with van der Waals surface area (Å²) in [7, 11) is 0. The Hall–Kier alpha value is -3.29. The SMILES string of the molecule is N#Cc1c(N)nc(SCc2ccncc2)c(C#N)c1-c1ccco1. The lowest BCUT2D eigenvalue weighted by Gasteiger charge is -2.11. The maximum Gasteiger partial charge on any atom is 0.143 e. The molecule has 0 spiro atoms. The van der Waals surface area contributed by atoms with E-state index in [1.54, 1.807) is 24.5 Å². The van der Waals surface area contributed by atoms with Gasteiger partial charge in [-0.3, -0.25) is 4.98 Å². The van der Waals surface area contributed by atoms with Crippen LogP contribution in [-0.4, -0.2) is 9.97 Å². The highest BCUT2D eigenvalue weighted by Gasteiger charge is 2.22. The van der Waals surface area contributed by atoms with Crippen molar-refractivity contribution in [2.75, 3.05) is 5.73 Å². The monoisotopic (exact) mass is 333 g/mol. The van der Waals surface area contributed by atoms with E-state index in [0.29, 0.717) is 22.1 Å². The predicted octanol–water partition coefficient (Wildman–Crippen LogP) is 3.35. The topological polar surface area (TPSA) is 113 Å². The number of thioether (sulfide) groups is 1. The zero-order valence-corrected chi connectivity index (χ0v) is 13.2. The van der Waals surface area contributed by atoms with Gasteiger partial charge in [0.2, 0.25) is 0 Å². The molecule has 116 valence electrons. The second-order valence-electron chi connectivity index (χ2n) is 4.77. The largest absolute Gasteiger partial charge is 0.464 e. The van der Waals surface area contributed by atoms with Gasteiger partial charge < -0.3 is 10.2 Å². The number of pyridine rings is 2. The van der Waals surface area contributed by atoms with E-state index in [2.05, 4.69) is 16.0 Å². The normalized spacial score (nSPS) is 10.1. The van der Waals surface area contributed by atoms with E-state index in [9.17, 15) is 10.5 Å². The fraction of sp³-hybridized carbons (Fsp3) is 0.0588. The van der Waals surface area contributed by atoms with Crippen molar-refractivity contribution in [3.05, 3.63) is 59.6 Å². The highest BCUT2D eigenvalue weighted by molar-refractivity contribution is 7.98. The number of furan rings is 1. The summed E-state index contributed by atoms with van der Waals surface area (Å²) in [6, 6.07) is 11.3. The van der Waals surface area contributed by atoms with E-state index in [4.69, 9.17) is 10.2 Å². The minimum atomic E-state index is 0.0835. The van der Waals surface area contributed by atoms with Gasteiger partial charge in [0.1, 0.15) is 34.3 Å². The smallest absolute Gasteiger partial charge is 0.143 e. The van der Waals surface area contributed by atoms with Crippen molar-refractivity contribution in [2.24, 2.45) is 0 Å². The van der Waals surface area contributed by atoms with Crippen LogP contribution in [0.25, 0.3) is 11.3 Å². The zero-order chi connectivity index (χ0) is 16.9. The fourth-order valence-corrected chi connectivity index (χ4v) is 3.15. The van der Waals surface area contributed by atoms with Gasteiger partial charge in [0, 0.05) is 18.1 Å². The van der Waals surface area contributed by atoms with Crippen molar-refractivity contribution >= 4 is 17.6 Å². The summed E-state index contributed by atoms with van der Waals surface area (Å²) in [6.07, 6.45) is 4.89. The van der Waals surface area contributed by atoms with Crippen LogP contribution in [0.5, 0.6) is 0 Å². The molecule has 0 saturated carbocycles. The summed E-state index contributed by atoms with van der Waals surface area (Å²) in [5.41, 5.74) is 7.79. The average molecular weight is 333 g/mol. The lowest BCUT2D eigenvalue weighted by molar-refractivity contribution is 0.581. The summed E-state index contributed by atoms with van der Waals surface area (Å²) in [6.45, 7) is 0. The Morgan fingerprint density at radius 1 is 1.12 bits per heavy atom. The number of anilines is 1. The van der Waals surface area contributed by atoms with E-state index in [1.165, 1.54) is 18.0 Å². The van der Waals surface area contributed by atoms with Gasteiger partial charge in [0.05, 0.1) is 17.4 Å². The molecule has 6 nitrogen and oxygen atoms in total. The van der Waals surface area contributed by atoms with Crippen LogP contribution in [0.4, 0.5) is 5.82 Å². The standard InChI is InChI=1S/C17H11N5OS/c18-8-12-15(14-2-1-7-23-14)13(9-19)17(22-16(12)20)24-10-11-3-5-21-6-4-11/h1-7H,10H2,(H2,20,22). The number of nitriles is 2. The molecular formula is C17H11N5OS. The molecule has 3 aromatic heterocycles. The van der Waals surface area contributed by atoms with Crippen molar-refractivity contribution in [1.29, 1.82) is 10.5 Å². The summed E-state index contributed by atoms with van der Waals surface area (Å²) in [5, 5.41) is 19.5. The summed E-state index contributed by atoms with van der Waals surface area (Å²) in [4.78, 5) is 8.21. The zero-order valence-electron chi connectivity index (χ0n) is 12.4. The molecule has 0 aliphatic heterocycles. The first-order valence-corrected chi connectivity index (χ1v) is 7.92. The molecule has 0 aromatic carbocycles. The van der Waals surface area contributed by atoms with Crippen LogP contribution in [-0.2, 0) is 5.75 Å².